The van der Waals surface area contributed by atoms with Crippen molar-refractivity contribution in [3.8, 4) is 67.3 Å². The van der Waals surface area contributed by atoms with Crippen molar-refractivity contribution in [1.29, 1.82) is 0 Å². The van der Waals surface area contributed by atoms with Gasteiger partial charge in [-0.15, -0.1) is 0 Å². The summed E-state index contributed by atoms with van der Waals surface area (Å²) < 4.78 is 0. The first-order valence-electron chi connectivity index (χ1n) is 13.9. The molecule has 0 aliphatic carbocycles. The molecular formula is C38H26N4. The van der Waals surface area contributed by atoms with Gasteiger partial charge < -0.3 is 0 Å². The third-order valence-corrected chi connectivity index (χ3v) is 7.24. The zero-order chi connectivity index (χ0) is 28.1. The average Bonchev–Trinajstić information content (AvgIpc) is 3.09. The standard InChI is InChI=1S/C38H26N4/c1-5-16-39-35(12-1)31-21-29(22-32(25-31)36-13-2-6-17-40-36)27-10-9-11-28(20-27)30-23-33(37-14-3-7-18-41-37)26-34(24-30)38-15-4-8-19-42-38/h1-26H. The van der Waals surface area contributed by atoms with Crippen LogP contribution in [0.3, 0.4) is 0 Å². The molecule has 0 radical (unpaired) electrons. The molecule has 0 N–H and O–H groups in total. The Morgan fingerprint density at radius 3 is 0.810 bits per heavy atom. The van der Waals surface area contributed by atoms with Crippen molar-refractivity contribution in [2.24, 2.45) is 0 Å². The lowest BCUT2D eigenvalue weighted by molar-refractivity contribution is 1.31. The van der Waals surface area contributed by atoms with E-state index in [4.69, 9.17) is 0 Å². The van der Waals surface area contributed by atoms with Gasteiger partial charge in [-0.3, -0.25) is 19.9 Å². The molecule has 4 heterocycles. The second-order valence-corrected chi connectivity index (χ2v) is 10.0. The molecule has 0 aliphatic heterocycles. The summed E-state index contributed by atoms with van der Waals surface area (Å²) in [6.07, 6.45) is 7.32. The number of benzene rings is 3. The van der Waals surface area contributed by atoms with Gasteiger partial charge in [-0.25, -0.2) is 0 Å². The van der Waals surface area contributed by atoms with E-state index in [2.05, 4.69) is 80.6 Å². The lowest BCUT2D eigenvalue weighted by Gasteiger charge is -2.13. The minimum Gasteiger partial charge on any atom is -0.256 e. The Bertz CT molecular complexity index is 1700. The highest BCUT2D eigenvalue weighted by Crippen LogP contribution is 2.36. The summed E-state index contributed by atoms with van der Waals surface area (Å²) >= 11 is 0. The minimum absolute atomic E-state index is 0.927. The molecule has 3 aromatic carbocycles. The Balaban J connectivity index is 1.37. The summed E-state index contributed by atoms with van der Waals surface area (Å²) in [5.41, 5.74) is 12.3. The number of pyridine rings is 4. The van der Waals surface area contributed by atoms with Crippen molar-refractivity contribution in [3.63, 3.8) is 0 Å². The Kier molecular flexibility index (Phi) is 6.85. The molecule has 0 atom stereocenters. The molecule has 0 fully saturated rings. The summed E-state index contributed by atoms with van der Waals surface area (Å²) in [5.74, 6) is 0. The van der Waals surface area contributed by atoms with Crippen LogP contribution in [0, 0.1) is 0 Å². The first-order chi connectivity index (χ1) is 20.8. The van der Waals surface area contributed by atoms with Crippen LogP contribution < -0.4 is 0 Å². The zero-order valence-corrected chi connectivity index (χ0v) is 22.8. The van der Waals surface area contributed by atoms with E-state index in [1.165, 1.54) is 0 Å². The highest BCUT2D eigenvalue weighted by Gasteiger charge is 2.12. The highest BCUT2D eigenvalue weighted by molar-refractivity contribution is 5.84. The summed E-state index contributed by atoms with van der Waals surface area (Å²) in [6, 6.07) is 45.8. The molecule has 0 bridgehead atoms. The monoisotopic (exact) mass is 538 g/mol. The number of aromatic nitrogens is 4. The van der Waals surface area contributed by atoms with E-state index in [1.807, 2.05) is 97.6 Å². The number of hydrogen-bond donors (Lipinski definition) is 0. The summed E-state index contributed by atoms with van der Waals surface area (Å²) in [5, 5.41) is 0. The maximum atomic E-state index is 4.63. The normalized spacial score (nSPS) is 10.9. The topological polar surface area (TPSA) is 51.6 Å². The van der Waals surface area contributed by atoms with Crippen molar-refractivity contribution >= 4 is 0 Å². The first kappa shape index (κ1) is 25.2. The van der Waals surface area contributed by atoms with Crippen LogP contribution in [0.1, 0.15) is 0 Å². The van der Waals surface area contributed by atoms with Gasteiger partial charge in [-0.2, -0.15) is 0 Å². The van der Waals surface area contributed by atoms with Crippen LogP contribution in [0.2, 0.25) is 0 Å². The van der Waals surface area contributed by atoms with Crippen LogP contribution in [0.15, 0.2) is 158 Å². The molecule has 0 saturated heterocycles. The van der Waals surface area contributed by atoms with Gasteiger partial charge in [-0.05, 0) is 113 Å². The van der Waals surface area contributed by atoms with Gasteiger partial charge in [0.15, 0.2) is 0 Å². The molecule has 7 rings (SSSR count). The van der Waals surface area contributed by atoms with Crippen molar-refractivity contribution in [1.82, 2.24) is 19.9 Å². The number of nitrogens with zero attached hydrogens (tertiary/aromatic N) is 4. The smallest absolute Gasteiger partial charge is 0.0702 e. The first-order valence-corrected chi connectivity index (χ1v) is 13.9. The molecule has 0 saturated carbocycles. The summed E-state index contributed by atoms with van der Waals surface area (Å²) in [7, 11) is 0. The fourth-order valence-electron chi connectivity index (χ4n) is 5.19. The minimum atomic E-state index is 0.927. The summed E-state index contributed by atoms with van der Waals surface area (Å²) in [6.45, 7) is 0. The second kappa shape index (κ2) is 11.4. The number of hydrogen-bond acceptors (Lipinski definition) is 4. The fraction of sp³-hybridized carbons (Fsp3) is 0. The van der Waals surface area contributed by atoms with E-state index in [0.717, 1.165) is 67.3 Å². The predicted molar refractivity (Wildman–Crippen MR) is 170 cm³/mol. The molecule has 4 aromatic heterocycles. The van der Waals surface area contributed by atoms with E-state index in [1.54, 1.807) is 0 Å². The molecule has 0 aliphatic rings. The molecule has 0 amide bonds. The van der Waals surface area contributed by atoms with Crippen molar-refractivity contribution < 1.29 is 0 Å². The molecule has 4 nitrogen and oxygen atoms in total. The third kappa shape index (κ3) is 5.34. The van der Waals surface area contributed by atoms with Crippen molar-refractivity contribution in [2.45, 2.75) is 0 Å². The van der Waals surface area contributed by atoms with Gasteiger partial charge in [0.1, 0.15) is 0 Å². The lowest BCUT2D eigenvalue weighted by atomic mass is 9.92. The number of rotatable bonds is 6. The second-order valence-electron chi connectivity index (χ2n) is 10.0. The van der Waals surface area contributed by atoms with Crippen LogP contribution in [0.25, 0.3) is 67.3 Å². The highest BCUT2D eigenvalue weighted by atomic mass is 14.7. The van der Waals surface area contributed by atoms with Crippen LogP contribution in [-0.4, -0.2) is 19.9 Å². The van der Waals surface area contributed by atoms with Crippen molar-refractivity contribution in [2.75, 3.05) is 0 Å². The Hall–Kier alpha value is -5.74. The van der Waals surface area contributed by atoms with Crippen molar-refractivity contribution in [3.05, 3.63) is 158 Å². The van der Waals surface area contributed by atoms with E-state index in [-0.39, 0.29) is 0 Å². The maximum Gasteiger partial charge on any atom is 0.0702 e. The van der Waals surface area contributed by atoms with E-state index in [0.29, 0.717) is 0 Å². The van der Waals surface area contributed by atoms with Gasteiger partial charge in [0.25, 0.3) is 0 Å². The molecule has 198 valence electrons. The lowest BCUT2D eigenvalue weighted by Crippen LogP contribution is -1.91. The summed E-state index contributed by atoms with van der Waals surface area (Å²) in [4.78, 5) is 18.5. The molecular weight excluding hydrogens is 512 g/mol. The molecule has 0 unspecified atom stereocenters. The maximum absolute atomic E-state index is 4.63. The molecule has 0 spiro atoms. The Morgan fingerprint density at radius 1 is 0.238 bits per heavy atom. The van der Waals surface area contributed by atoms with Gasteiger partial charge in [0.05, 0.1) is 22.8 Å². The Morgan fingerprint density at radius 2 is 0.524 bits per heavy atom. The van der Waals surface area contributed by atoms with Gasteiger partial charge in [0, 0.05) is 47.0 Å². The van der Waals surface area contributed by atoms with Crippen LogP contribution in [0.4, 0.5) is 0 Å². The zero-order valence-electron chi connectivity index (χ0n) is 22.8. The SMILES string of the molecule is c1ccc(-c2cc(-c3cccc(-c4cc(-c5ccccn5)cc(-c5ccccn5)c4)c3)cc(-c3ccccn3)c2)nc1. The predicted octanol–water partition coefficient (Wildman–Crippen LogP) is 9.27. The Labute approximate surface area is 245 Å². The average molecular weight is 539 g/mol. The van der Waals surface area contributed by atoms with E-state index in [9.17, 15) is 0 Å². The quantitative estimate of drug-likeness (QED) is 0.212. The largest absolute Gasteiger partial charge is 0.256 e. The fourth-order valence-corrected chi connectivity index (χ4v) is 5.19. The van der Waals surface area contributed by atoms with Crippen LogP contribution in [0.5, 0.6) is 0 Å². The van der Waals surface area contributed by atoms with Crippen LogP contribution >= 0.6 is 0 Å². The molecule has 42 heavy (non-hydrogen) atoms. The van der Waals surface area contributed by atoms with Gasteiger partial charge >= 0.3 is 0 Å². The van der Waals surface area contributed by atoms with E-state index >= 15 is 0 Å². The molecule has 7 aromatic rings. The molecule has 4 heteroatoms. The van der Waals surface area contributed by atoms with Gasteiger partial charge in [-0.1, -0.05) is 42.5 Å². The van der Waals surface area contributed by atoms with Gasteiger partial charge in [0.2, 0.25) is 0 Å². The third-order valence-electron chi connectivity index (χ3n) is 7.24. The van der Waals surface area contributed by atoms with E-state index < -0.39 is 0 Å². The van der Waals surface area contributed by atoms with Crippen LogP contribution in [-0.2, 0) is 0 Å².